The first kappa shape index (κ1) is 37.6. The number of carboxylic acid groups (broad SMARTS) is 1. The molecule has 9 rings (SSSR count). The summed E-state index contributed by atoms with van der Waals surface area (Å²) in [6, 6.07) is 20.6. The molecule has 0 spiro atoms. The quantitative estimate of drug-likeness (QED) is 0.238. The number of carbonyl (C=O) groups excluding carboxylic acids is 3. The molecule has 4 aliphatic heterocycles. The van der Waals surface area contributed by atoms with Gasteiger partial charge < -0.3 is 19.8 Å². The van der Waals surface area contributed by atoms with Gasteiger partial charge >= 0.3 is 5.97 Å². The van der Waals surface area contributed by atoms with E-state index < -0.39 is 12.0 Å². The minimum Gasteiger partial charge on any atom is -0.478 e. The van der Waals surface area contributed by atoms with Crippen LogP contribution in [-0.4, -0.2) is 90.5 Å². The van der Waals surface area contributed by atoms with Crippen molar-refractivity contribution in [3.63, 3.8) is 0 Å². The number of fused-ring (bicyclic) bond motifs is 2. The number of aromatic carboxylic acids is 1. The number of nitrogens with zero attached hydrogens (tertiary/aromatic N) is 4. The second kappa shape index (κ2) is 16.1. The summed E-state index contributed by atoms with van der Waals surface area (Å²) in [5.74, 6) is -0.328. The molecule has 6 aliphatic rings. The Morgan fingerprint density at radius 2 is 1.40 bits per heavy atom. The van der Waals surface area contributed by atoms with Crippen molar-refractivity contribution < 1.29 is 24.3 Å². The number of amides is 3. The van der Waals surface area contributed by atoms with Crippen LogP contribution in [-0.2, 0) is 22.6 Å². The number of allylic oxidation sites excluding steroid dienone is 1. The van der Waals surface area contributed by atoms with E-state index in [0.717, 1.165) is 76.3 Å². The summed E-state index contributed by atoms with van der Waals surface area (Å²) >= 11 is 0. The van der Waals surface area contributed by atoms with Crippen molar-refractivity contribution in [1.82, 2.24) is 15.1 Å². The Bertz CT molecular complexity index is 2070. The maximum atomic E-state index is 13.2. The van der Waals surface area contributed by atoms with E-state index in [1.165, 1.54) is 72.9 Å². The normalized spacial score (nSPS) is 22.7. The van der Waals surface area contributed by atoms with Gasteiger partial charge in [-0.3, -0.25) is 24.6 Å². The molecule has 0 aromatic heterocycles. The van der Waals surface area contributed by atoms with Crippen LogP contribution in [0.3, 0.4) is 0 Å². The van der Waals surface area contributed by atoms with Crippen molar-refractivity contribution >= 4 is 40.6 Å². The number of imide groups is 1. The highest BCUT2D eigenvalue weighted by molar-refractivity contribution is 6.05. The number of rotatable bonds is 8. The summed E-state index contributed by atoms with van der Waals surface area (Å²) in [5, 5.41) is 12.1. The standard InChI is InChI=1S/C47H55N5O5/c53-43-18-17-42(45(54)48-43)52-30-36-28-38(14-16-41(36)46(52)55)51-25-23-49(24-26-51)29-31-19-21-50(22-20-31)37-12-9-33(10-13-37)44-39(32-5-2-1-3-6-32)8-4-7-34-27-35(47(56)57)11-15-40(34)44/h9-16,27-28,31-32,42H,1-8,17-26,29-30H2,(H,56,57)(H,48,53,54)/t42-/m0/s1. The molecule has 10 heteroatoms. The molecule has 4 heterocycles. The van der Waals surface area contributed by atoms with Gasteiger partial charge in [0.1, 0.15) is 6.04 Å². The molecule has 3 aromatic rings. The summed E-state index contributed by atoms with van der Waals surface area (Å²) in [7, 11) is 0. The Morgan fingerprint density at radius 1 is 0.684 bits per heavy atom. The van der Waals surface area contributed by atoms with Gasteiger partial charge in [0.05, 0.1) is 5.56 Å². The number of carbonyl (C=O) groups is 4. The summed E-state index contributed by atoms with van der Waals surface area (Å²) in [6.45, 7) is 7.56. The summed E-state index contributed by atoms with van der Waals surface area (Å²) in [4.78, 5) is 58.4. The molecule has 3 amide bonds. The fourth-order valence-corrected chi connectivity index (χ4v) is 10.7. The maximum Gasteiger partial charge on any atom is 0.335 e. The number of carboxylic acids is 1. The van der Waals surface area contributed by atoms with E-state index in [0.29, 0.717) is 35.9 Å². The van der Waals surface area contributed by atoms with Gasteiger partial charge in [0.2, 0.25) is 11.8 Å². The van der Waals surface area contributed by atoms with Crippen molar-refractivity contribution in [2.24, 2.45) is 11.8 Å². The van der Waals surface area contributed by atoms with E-state index in [-0.39, 0.29) is 24.1 Å². The van der Waals surface area contributed by atoms with E-state index in [2.05, 4.69) is 56.4 Å². The minimum atomic E-state index is -0.856. The Hall–Kier alpha value is -4.96. The molecule has 10 nitrogen and oxygen atoms in total. The number of piperazine rings is 1. The third-order valence-corrected chi connectivity index (χ3v) is 13.8. The smallest absolute Gasteiger partial charge is 0.335 e. The summed E-state index contributed by atoms with van der Waals surface area (Å²) in [5.41, 5.74) is 11.0. The van der Waals surface area contributed by atoms with Crippen molar-refractivity contribution in [2.45, 2.75) is 89.6 Å². The van der Waals surface area contributed by atoms with Gasteiger partial charge in [-0.05, 0) is 133 Å². The molecule has 3 aromatic carbocycles. The molecular weight excluding hydrogens is 715 g/mol. The average Bonchev–Trinajstić information content (AvgIpc) is 3.43. The minimum absolute atomic E-state index is 0.125. The highest BCUT2D eigenvalue weighted by atomic mass is 16.4. The highest BCUT2D eigenvalue weighted by Gasteiger charge is 2.39. The number of benzene rings is 3. The van der Waals surface area contributed by atoms with Crippen LogP contribution in [0.2, 0.25) is 0 Å². The van der Waals surface area contributed by atoms with Crippen molar-refractivity contribution in [2.75, 3.05) is 55.6 Å². The Morgan fingerprint density at radius 3 is 2.14 bits per heavy atom. The van der Waals surface area contributed by atoms with Crippen LogP contribution in [0.4, 0.5) is 11.4 Å². The molecule has 1 saturated carbocycles. The number of aryl methyl sites for hydroxylation is 1. The van der Waals surface area contributed by atoms with Gasteiger partial charge in [-0.25, -0.2) is 4.79 Å². The van der Waals surface area contributed by atoms with E-state index in [1.54, 1.807) is 16.5 Å². The SMILES string of the molecule is O=C1CC[C@H](N2Cc3cc(N4CCN(CC5CCN(c6ccc(C7=C(C8CCCCC8)CCCc8cc(C(=O)O)ccc87)cc6)CC5)CC4)ccc3C2=O)C(=O)N1. The highest BCUT2D eigenvalue weighted by Crippen LogP contribution is 2.43. The van der Waals surface area contributed by atoms with E-state index in [4.69, 9.17) is 0 Å². The lowest BCUT2D eigenvalue weighted by molar-refractivity contribution is -0.136. The maximum absolute atomic E-state index is 13.2. The van der Waals surface area contributed by atoms with Crippen molar-refractivity contribution in [3.05, 3.63) is 99.6 Å². The molecule has 0 bridgehead atoms. The van der Waals surface area contributed by atoms with Crippen LogP contribution in [0, 0.1) is 11.8 Å². The van der Waals surface area contributed by atoms with Crippen LogP contribution in [0.1, 0.15) is 114 Å². The topological polar surface area (TPSA) is 114 Å². The number of hydrogen-bond acceptors (Lipinski definition) is 7. The van der Waals surface area contributed by atoms with Crippen LogP contribution < -0.4 is 15.1 Å². The second-order valence-electron chi connectivity index (χ2n) is 17.3. The third kappa shape index (κ3) is 7.73. The first-order valence-corrected chi connectivity index (χ1v) is 21.5. The molecule has 2 N–H and O–H groups in total. The molecule has 1 atom stereocenters. The predicted octanol–water partition coefficient (Wildman–Crippen LogP) is 6.90. The van der Waals surface area contributed by atoms with Crippen molar-refractivity contribution in [3.8, 4) is 0 Å². The fraction of sp³-hybridized carbons (Fsp3) is 0.489. The fourth-order valence-electron chi connectivity index (χ4n) is 10.7. The number of hydrogen-bond donors (Lipinski definition) is 2. The largest absolute Gasteiger partial charge is 0.478 e. The average molecular weight is 770 g/mol. The zero-order chi connectivity index (χ0) is 39.0. The van der Waals surface area contributed by atoms with E-state index in [1.807, 2.05) is 18.2 Å². The Labute approximate surface area is 335 Å². The third-order valence-electron chi connectivity index (χ3n) is 13.8. The van der Waals surface area contributed by atoms with Gasteiger partial charge in [-0.1, -0.05) is 43.0 Å². The van der Waals surface area contributed by atoms with Crippen molar-refractivity contribution in [1.29, 1.82) is 0 Å². The van der Waals surface area contributed by atoms with Gasteiger partial charge in [0.25, 0.3) is 5.91 Å². The van der Waals surface area contributed by atoms with Gasteiger partial charge in [0.15, 0.2) is 0 Å². The zero-order valence-electron chi connectivity index (χ0n) is 33.0. The van der Waals surface area contributed by atoms with Crippen LogP contribution in [0.15, 0.2) is 66.2 Å². The molecule has 0 unspecified atom stereocenters. The van der Waals surface area contributed by atoms with Crippen LogP contribution in [0.5, 0.6) is 0 Å². The molecular formula is C47H55N5O5. The second-order valence-corrected chi connectivity index (χ2v) is 17.3. The number of piperidine rings is 2. The first-order chi connectivity index (χ1) is 27.8. The summed E-state index contributed by atoms with van der Waals surface area (Å²) < 4.78 is 0. The van der Waals surface area contributed by atoms with Gasteiger partial charge in [0, 0.05) is 75.7 Å². The van der Waals surface area contributed by atoms with E-state index in [9.17, 15) is 24.3 Å². The summed E-state index contributed by atoms with van der Waals surface area (Å²) in [6.07, 6.45) is 12.5. The van der Waals surface area contributed by atoms with Crippen LogP contribution in [0.25, 0.3) is 5.57 Å². The number of nitrogens with one attached hydrogen (secondary N) is 1. The molecule has 4 fully saturated rings. The predicted molar refractivity (Wildman–Crippen MR) is 221 cm³/mol. The van der Waals surface area contributed by atoms with Crippen LogP contribution >= 0.6 is 0 Å². The first-order valence-electron chi connectivity index (χ1n) is 21.5. The Kier molecular flexibility index (Phi) is 10.6. The van der Waals surface area contributed by atoms with E-state index >= 15 is 0 Å². The molecule has 0 radical (unpaired) electrons. The molecule has 3 saturated heterocycles. The monoisotopic (exact) mass is 769 g/mol. The lowest BCUT2D eigenvalue weighted by Crippen LogP contribution is -2.52. The van der Waals surface area contributed by atoms with Gasteiger partial charge in [-0.2, -0.15) is 0 Å². The zero-order valence-corrected chi connectivity index (χ0v) is 33.0. The Balaban J connectivity index is 0.799. The number of anilines is 2. The lowest BCUT2D eigenvalue weighted by atomic mass is 9.78. The van der Waals surface area contributed by atoms with Gasteiger partial charge in [-0.15, -0.1) is 0 Å². The molecule has 298 valence electrons. The lowest BCUT2D eigenvalue weighted by Gasteiger charge is -2.40. The molecule has 2 aliphatic carbocycles. The molecule has 57 heavy (non-hydrogen) atoms.